The van der Waals surface area contributed by atoms with Crippen LogP contribution < -0.4 is 24.8 Å². The van der Waals surface area contributed by atoms with E-state index in [1.165, 1.54) is 6.33 Å². The first-order valence-electron chi connectivity index (χ1n) is 11.2. The molecule has 0 saturated heterocycles. The topological polar surface area (TPSA) is 108 Å². The number of nitrogens with one attached hydrogen (secondary N) is 2. The molecule has 3 aromatic carbocycles. The third-order valence-corrected chi connectivity index (χ3v) is 5.53. The zero-order chi connectivity index (χ0) is 24.9. The van der Waals surface area contributed by atoms with Crippen molar-refractivity contribution in [2.24, 2.45) is 0 Å². The van der Waals surface area contributed by atoms with Crippen molar-refractivity contribution in [2.45, 2.75) is 6.54 Å². The van der Waals surface area contributed by atoms with Crippen LogP contribution in [0.15, 0.2) is 73.1 Å². The fraction of sp³-hybridized carbons (Fsp3) is 0.154. The molecule has 0 aliphatic rings. The average Bonchev–Trinajstić information content (AvgIpc) is 3.30. The second-order valence-electron chi connectivity index (χ2n) is 7.75. The molecule has 5 rings (SSSR count). The van der Waals surface area contributed by atoms with Crippen molar-refractivity contribution in [1.82, 2.24) is 24.5 Å². The maximum Gasteiger partial charge on any atom is 0.241 e. The molecule has 2 N–H and O–H groups in total. The van der Waals surface area contributed by atoms with Gasteiger partial charge in [0.05, 0.1) is 32.4 Å². The van der Waals surface area contributed by atoms with Gasteiger partial charge in [0.25, 0.3) is 0 Å². The molecule has 0 atom stereocenters. The Bertz CT molecular complexity index is 1460. The molecule has 2 heterocycles. The number of fused-ring (bicyclic) bond motifs is 1. The number of anilines is 3. The van der Waals surface area contributed by atoms with Crippen molar-refractivity contribution in [1.29, 1.82) is 0 Å². The summed E-state index contributed by atoms with van der Waals surface area (Å²) < 4.78 is 18.2. The van der Waals surface area contributed by atoms with Crippen LogP contribution in [0, 0.1) is 0 Å². The number of aromatic nitrogens is 5. The molecular weight excluding hydrogens is 458 g/mol. The van der Waals surface area contributed by atoms with Crippen LogP contribution in [0.1, 0.15) is 5.56 Å². The zero-order valence-corrected chi connectivity index (χ0v) is 20.1. The lowest BCUT2D eigenvalue weighted by molar-refractivity contribution is 0.324. The molecule has 10 heteroatoms. The molecule has 0 unspecified atom stereocenters. The quantitative estimate of drug-likeness (QED) is 0.311. The summed E-state index contributed by atoms with van der Waals surface area (Å²) in [7, 11) is 4.69. The van der Waals surface area contributed by atoms with Gasteiger partial charge in [-0.15, -0.1) is 0 Å². The van der Waals surface area contributed by atoms with Crippen molar-refractivity contribution >= 4 is 28.6 Å². The number of hydrogen-bond acceptors (Lipinski definition) is 9. The lowest BCUT2D eigenvalue weighted by Crippen LogP contribution is -2.10. The highest BCUT2D eigenvalue weighted by Gasteiger charge is 2.17. The standard InChI is InChI=1S/C26H25N7O3/c1-34-21-13-18(14-22(35-2)23(21)36-3)30-24-28-16-29-26(32-24)33-20-12-8-7-11-19(20)31-25(33)27-15-17-9-5-4-6-10-17/h4-14,16H,15H2,1-3H3,(H,27,31)(H,28,29,30,32). The Hall–Kier alpha value is -4.86. The van der Waals surface area contributed by atoms with Gasteiger partial charge in [0.2, 0.25) is 23.6 Å². The molecule has 36 heavy (non-hydrogen) atoms. The van der Waals surface area contributed by atoms with E-state index in [1.807, 2.05) is 47.0 Å². The molecule has 0 aliphatic heterocycles. The Balaban J connectivity index is 1.50. The number of rotatable bonds is 9. The van der Waals surface area contributed by atoms with Gasteiger partial charge >= 0.3 is 0 Å². The van der Waals surface area contributed by atoms with Crippen molar-refractivity contribution < 1.29 is 14.2 Å². The van der Waals surface area contributed by atoms with Gasteiger partial charge in [-0.25, -0.2) is 19.5 Å². The first-order valence-corrected chi connectivity index (χ1v) is 11.2. The number of hydrogen-bond donors (Lipinski definition) is 2. The minimum atomic E-state index is 0.348. The fourth-order valence-corrected chi connectivity index (χ4v) is 3.86. The van der Waals surface area contributed by atoms with E-state index in [1.54, 1.807) is 33.5 Å². The second kappa shape index (κ2) is 10.2. The molecule has 0 spiro atoms. The Morgan fingerprint density at radius 1 is 0.806 bits per heavy atom. The summed E-state index contributed by atoms with van der Waals surface area (Å²) in [4.78, 5) is 18.2. The third kappa shape index (κ3) is 4.56. The molecule has 0 radical (unpaired) electrons. The van der Waals surface area contributed by atoms with E-state index in [-0.39, 0.29) is 0 Å². The van der Waals surface area contributed by atoms with Gasteiger partial charge in [-0.2, -0.15) is 4.98 Å². The first-order chi connectivity index (χ1) is 17.7. The van der Waals surface area contributed by atoms with Gasteiger partial charge in [-0.1, -0.05) is 42.5 Å². The van der Waals surface area contributed by atoms with Crippen LogP contribution in [0.5, 0.6) is 17.2 Å². The van der Waals surface area contributed by atoms with E-state index in [9.17, 15) is 0 Å². The molecule has 0 amide bonds. The zero-order valence-electron chi connectivity index (χ0n) is 20.1. The first kappa shape index (κ1) is 22.9. The van der Waals surface area contributed by atoms with Crippen LogP contribution in [-0.2, 0) is 6.54 Å². The second-order valence-corrected chi connectivity index (χ2v) is 7.75. The molecule has 2 aromatic heterocycles. The molecule has 182 valence electrons. The maximum absolute atomic E-state index is 5.45. The van der Waals surface area contributed by atoms with Crippen LogP contribution in [0.2, 0.25) is 0 Å². The Morgan fingerprint density at radius 3 is 2.25 bits per heavy atom. The monoisotopic (exact) mass is 483 g/mol. The maximum atomic E-state index is 5.45. The summed E-state index contributed by atoms with van der Waals surface area (Å²) in [5, 5.41) is 6.61. The molecular formula is C26H25N7O3. The van der Waals surface area contributed by atoms with E-state index in [0.29, 0.717) is 47.3 Å². The summed E-state index contributed by atoms with van der Waals surface area (Å²) in [6, 6.07) is 21.5. The number of para-hydroxylation sites is 2. The predicted molar refractivity (Wildman–Crippen MR) is 138 cm³/mol. The van der Waals surface area contributed by atoms with E-state index < -0.39 is 0 Å². The van der Waals surface area contributed by atoms with Gasteiger partial charge in [0, 0.05) is 24.4 Å². The Labute approximate surface area is 207 Å². The summed E-state index contributed by atoms with van der Waals surface area (Å²) in [5.74, 6) is 2.93. The SMILES string of the molecule is COc1cc(Nc2ncnc(-n3c(NCc4ccccc4)nc4ccccc43)n2)cc(OC)c1OC. The van der Waals surface area contributed by atoms with E-state index in [0.717, 1.165) is 16.6 Å². The van der Waals surface area contributed by atoms with Crippen LogP contribution in [0.3, 0.4) is 0 Å². The highest BCUT2D eigenvalue weighted by atomic mass is 16.5. The van der Waals surface area contributed by atoms with Crippen LogP contribution in [-0.4, -0.2) is 45.8 Å². The lowest BCUT2D eigenvalue weighted by Gasteiger charge is -2.15. The van der Waals surface area contributed by atoms with Gasteiger partial charge in [0.15, 0.2) is 11.5 Å². The van der Waals surface area contributed by atoms with Crippen LogP contribution >= 0.6 is 0 Å². The number of ether oxygens (including phenoxy) is 3. The Morgan fingerprint density at radius 2 is 1.53 bits per heavy atom. The van der Waals surface area contributed by atoms with Gasteiger partial charge in [0.1, 0.15) is 6.33 Å². The van der Waals surface area contributed by atoms with Gasteiger partial charge in [-0.3, -0.25) is 0 Å². The largest absolute Gasteiger partial charge is 0.493 e. The number of nitrogens with zero attached hydrogens (tertiary/aromatic N) is 5. The number of methoxy groups -OCH3 is 3. The fourth-order valence-electron chi connectivity index (χ4n) is 3.86. The summed E-state index contributed by atoms with van der Waals surface area (Å²) in [6.07, 6.45) is 1.46. The van der Waals surface area contributed by atoms with Gasteiger partial charge < -0.3 is 24.8 Å². The highest BCUT2D eigenvalue weighted by Crippen LogP contribution is 2.40. The summed E-state index contributed by atoms with van der Waals surface area (Å²) in [6.45, 7) is 0.603. The average molecular weight is 484 g/mol. The van der Waals surface area contributed by atoms with Crippen molar-refractivity contribution in [3.05, 3.63) is 78.6 Å². The summed E-state index contributed by atoms with van der Waals surface area (Å²) >= 11 is 0. The molecule has 0 aliphatic carbocycles. The van der Waals surface area contributed by atoms with Crippen LogP contribution in [0.25, 0.3) is 17.0 Å². The lowest BCUT2D eigenvalue weighted by atomic mass is 10.2. The van der Waals surface area contributed by atoms with Crippen molar-refractivity contribution in [3.63, 3.8) is 0 Å². The van der Waals surface area contributed by atoms with E-state index >= 15 is 0 Å². The van der Waals surface area contributed by atoms with E-state index in [4.69, 9.17) is 19.2 Å². The molecule has 0 bridgehead atoms. The Kier molecular flexibility index (Phi) is 6.48. The molecule has 5 aromatic rings. The highest BCUT2D eigenvalue weighted by molar-refractivity contribution is 5.80. The molecule has 0 fully saturated rings. The van der Waals surface area contributed by atoms with Crippen LogP contribution in [0.4, 0.5) is 17.6 Å². The number of benzene rings is 3. The summed E-state index contributed by atoms with van der Waals surface area (Å²) in [5.41, 5.74) is 3.50. The number of imidazole rings is 1. The van der Waals surface area contributed by atoms with E-state index in [2.05, 4.69) is 37.7 Å². The molecule has 10 nitrogen and oxygen atoms in total. The van der Waals surface area contributed by atoms with Crippen molar-refractivity contribution in [3.8, 4) is 23.2 Å². The molecule has 0 saturated carbocycles. The third-order valence-electron chi connectivity index (χ3n) is 5.53. The smallest absolute Gasteiger partial charge is 0.241 e. The minimum Gasteiger partial charge on any atom is -0.493 e. The predicted octanol–water partition coefficient (Wildman–Crippen LogP) is 4.59. The normalized spacial score (nSPS) is 10.8. The van der Waals surface area contributed by atoms with Gasteiger partial charge in [-0.05, 0) is 17.7 Å². The van der Waals surface area contributed by atoms with Crippen molar-refractivity contribution in [2.75, 3.05) is 32.0 Å². The minimum absolute atomic E-state index is 0.348.